The molecule has 1 aromatic rings. The van der Waals surface area contributed by atoms with Crippen molar-refractivity contribution in [3.63, 3.8) is 0 Å². The number of anilines is 1. The van der Waals surface area contributed by atoms with Gasteiger partial charge in [-0.1, -0.05) is 24.3 Å². The molecular formula is C21H32N2O5. The summed E-state index contributed by atoms with van der Waals surface area (Å²) >= 11 is 0. The summed E-state index contributed by atoms with van der Waals surface area (Å²) in [4.78, 5) is 13.6. The van der Waals surface area contributed by atoms with Crippen LogP contribution in [0, 0.1) is 0 Å². The molecule has 2 amide bonds. The van der Waals surface area contributed by atoms with E-state index in [1.54, 1.807) is 19.1 Å². The Balaban J connectivity index is 1.75. The maximum Gasteiger partial charge on any atom is 0.321 e. The Hall–Kier alpha value is -1.93. The zero-order valence-electron chi connectivity index (χ0n) is 16.9. The van der Waals surface area contributed by atoms with Gasteiger partial charge >= 0.3 is 6.03 Å². The number of ether oxygens (including phenoxy) is 3. The molecule has 1 aliphatic rings. The lowest BCUT2D eigenvalue weighted by molar-refractivity contribution is -0.0589. The highest BCUT2D eigenvalue weighted by Gasteiger charge is 2.29. The van der Waals surface area contributed by atoms with Crippen LogP contribution in [0.25, 0.3) is 0 Å². The Bertz CT molecular complexity index is 612. The van der Waals surface area contributed by atoms with Gasteiger partial charge < -0.3 is 24.6 Å². The van der Waals surface area contributed by atoms with Crippen molar-refractivity contribution in [3.05, 3.63) is 42.0 Å². The van der Waals surface area contributed by atoms with Gasteiger partial charge in [-0.05, 0) is 24.1 Å². The number of benzene rings is 1. The Labute approximate surface area is 167 Å². The van der Waals surface area contributed by atoms with E-state index >= 15 is 0 Å². The van der Waals surface area contributed by atoms with E-state index in [1.807, 2.05) is 30.3 Å². The summed E-state index contributed by atoms with van der Waals surface area (Å²) in [7, 11) is 3.45. The molecule has 0 aliphatic carbocycles. The number of aliphatic hydroxyl groups is 1. The monoisotopic (exact) mass is 392 g/mol. The third kappa shape index (κ3) is 6.91. The minimum Gasteiger partial charge on any atom is -0.396 e. The average molecular weight is 392 g/mol. The molecule has 0 aromatic heterocycles. The molecule has 0 unspecified atom stereocenters. The summed E-state index contributed by atoms with van der Waals surface area (Å²) in [6.07, 6.45) is 6.37. The van der Waals surface area contributed by atoms with Crippen molar-refractivity contribution in [2.24, 2.45) is 0 Å². The first-order valence-corrected chi connectivity index (χ1v) is 9.70. The second-order valence-electron chi connectivity index (χ2n) is 6.83. The second-order valence-corrected chi connectivity index (χ2v) is 6.83. The number of nitrogens with zero attached hydrogens (tertiary/aromatic N) is 1. The zero-order chi connectivity index (χ0) is 20.2. The summed E-state index contributed by atoms with van der Waals surface area (Å²) in [6, 6.07) is 7.49. The van der Waals surface area contributed by atoms with E-state index in [0.29, 0.717) is 26.2 Å². The molecule has 28 heavy (non-hydrogen) atoms. The van der Waals surface area contributed by atoms with Gasteiger partial charge in [0.05, 0.1) is 18.8 Å². The number of aliphatic hydroxyl groups excluding tert-OH is 1. The van der Waals surface area contributed by atoms with Crippen LogP contribution in [0.5, 0.6) is 0 Å². The first kappa shape index (κ1) is 22.4. The Morgan fingerprint density at radius 1 is 1.32 bits per heavy atom. The number of methoxy groups -OCH3 is 1. The molecule has 1 heterocycles. The van der Waals surface area contributed by atoms with Crippen molar-refractivity contribution in [3.8, 4) is 0 Å². The third-order valence-electron chi connectivity index (χ3n) is 4.89. The number of hydrogen-bond donors (Lipinski definition) is 2. The van der Waals surface area contributed by atoms with E-state index in [2.05, 4.69) is 11.4 Å². The van der Waals surface area contributed by atoms with Gasteiger partial charge in [0.1, 0.15) is 0 Å². The smallest absolute Gasteiger partial charge is 0.321 e. The molecule has 0 atom stereocenters. The van der Waals surface area contributed by atoms with Crippen LogP contribution in [0.4, 0.5) is 10.5 Å². The van der Waals surface area contributed by atoms with Gasteiger partial charge in [-0.15, -0.1) is 0 Å². The number of nitrogens with one attached hydrogen (secondary N) is 1. The zero-order valence-corrected chi connectivity index (χ0v) is 16.9. The van der Waals surface area contributed by atoms with Crippen LogP contribution >= 0.6 is 0 Å². The highest BCUT2D eigenvalue weighted by Crippen LogP contribution is 2.25. The summed E-state index contributed by atoms with van der Waals surface area (Å²) in [5.41, 5.74) is 1.61. The van der Waals surface area contributed by atoms with E-state index in [9.17, 15) is 4.79 Å². The lowest BCUT2D eigenvalue weighted by atomic mass is 9.93. The molecule has 1 fully saturated rings. The van der Waals surface area contributed by atoms with Gasteiger partial charge in [-0.3, -0.25) is 4.90 Å². The number of carbonyl (C=O) groups is 1. The second kappa shape index (κ2) is 11.8. The molecule has 1 aromatic carbocycles. The SMILES string of the molecule is COC1(/C=C/COCc2ccc(N(C)C(=O)NCCCO)cc2)CCOCC1. The Morgan fingerprint density at radius 3 is 2.68 bits per heavy atom. The molecular weight excluding hydrogens is 360 g/mol. The molecule has 0 radical (unpaired) electrons. The van der Waals surface area contributed by atoms with Crippen LogP contribution in [-0.2, 0) is 20.8 Å². The van der Waals surface area contributed by atoms with Gasteiger partial charge in [0.25, 0.3) is 0 Å². The van der Waals surface area contributed by atoms with Crippen LogP contribution in [-0.4, -0.2) is 63.9 Å². The lowest BCUT2D eigenvalue weighted by Gasteiger charge is -2.33. The van der Waals surface area contributed by atoms with E-state index in [0.717, 1.165) is 37.3 Å². The lowest BCUT2D eigenvalue weighted by Crippen LogP contribution is -2.37. The van der Waals surface area contributed by atoms with Crippen molar-refractivity contribution in [2.45, 2.75) is 31.5 Å². The quantitative estimate of drug-likeness (QED) is 0.472. The fraction of sp³-hybridized carbons (Fsp3) is 0.571. The maximum atomic E-state index is 12.0. The molecule has 1 saturated heterocycles. The van der Waals surface area contributed by atoms with Crippen molar-refractivity contribution in [2.75, 3.05) is 52.0 Å². The van der Waals surface area contributed by atoms with Crippen LogP contribution < -0.4 is 10.2 Å². The van der Waals surface area contributed by atoms with Gasteiger partial charge in [-0.2, -0.15) is 0 Å². The Kier molecular flexibility index (Phi) is 9.43. The molecule has 7 heteroatoms. The number of amides is 2. The van der Waals surface area contributed by atoms with Gasteiger partial charge in [0, 0.05) is 59.1 Å². The predicted octanol–water partition coefficient (Wildman–Crippen LogP) is 2.48. The minimum absolute atomic E-state index is 0.0642. The van der Waals surface area contributed by atoms with Crippen molar-refractivity contribution < 1.29 is 24.1 Å². The minimum atomic E-state index is -0.231. The molecule has 2 rings (SSSR count). The summed E-state index contributed by atoms with van der Waals surface area (Å²) in [5, 5.41) is 11.5. The maximum absolute atomic E-state index is 12.0. The molecule has 0 bridgehead atoms. The molecule has 1 aliphatic heterocycles. The van der Waals surface area contributed by atoms with Gasteiger partial charge in [0.15, 0.2) is 0 Å². The standard InChI is InChI=1S/C21H32N2O5/c1-23(20(25)22-12-4-13-24)19-7-5-18(6-8-19)17-28-14-3-9-21(26-2)10-15-27-16-11-21/h3,5-9,24H,4,10-17H2,1-2H3,(H,22,25)/b9-3+. The van der Waals surface area contributed by atoms with Crippen molar-refractivity contribution in [1.29, 1.82) is 0 Å². The van der Waals surface area contributed by atoms with E-state index in [1.165, 1.54) is 0 Å². The molecule has 2 N–H and O–H groups in total. The van der Waals surface area contributed by atoms with Crippen LogP contribution in [0.1, 0.15) is 24.8 Å². The number of hydrogen-bond acceptors (Lipinski definition) is 5. The molecule has 0 saturated carbocycles. The fourth-order valence-corrected chi connectivity index (χ4v) is 2.99. The Morgan fingerprint density at radius 2 is 2.04 bits per heavy atom. The van der Waals surface area contributed by atoms with Crippen LogP contribution in [0.2, 0.25) is 0 Å². The van der Waals surface area contributed by atoms with Crippen molar-refractivity contribution in [1.82, 2.24) is 5.32 Å². The first-order chi connectivity index (χ1) is 13.6. The average Bonchev–Trinajstić information content (AvgIpc) is 2.74. The van der Waals surface area contributed by atoms with Gasteiger partial charge in [0.2, 0.25) is 0 Å². The van der Waals surface area contributed by atoms with E-state index in [-0.39, 0.29) is 18.2 Å². The number of carbonyl (C=O) groups excluding carboxylic acids is 1. The topological polar surface area (TPSA) is 80.3 Å². The summed E-state index contributed by atoms with van der Waals surface area (Å²) < 4.78 is 16.8. The summed E-state index contributed by atoms with van der Waals surface area (Å²) in [6.45, 7) is 2.98. The normalized spacial score (nSPS) is 16.2. The highest BCUT2D eigenvalue weighted by atomic mass is 16.5. The molecule has 7 nitrogen and oxygen atoms in total. The fourth-order valence-electron chi connectivity index (χ4n) is 2.99. The molecule has 156 valence electrons. The molecule has 0 spiro atoms. The van der Waals surface area contributed by atoms with E-state index in [4.69, 9.17) is 19.3 Å². The largest absolute Gasteiger partial charge is 0.396 e. The number of rotatable bonds is 10. The predicted molar refractivity (Wildman–Crippen MR) is 109 cm³/mol. The van der Waals surface area contributed by atoms with Crippen molar-refractivity contribution >= 4 is 11.7 Å². The summed E-state index contributed by atoms with van der Waals surface area (Å²) in [5.74, 6) is 0. The first-order valence-electron chi connectivity index (χ1n) is 9.70. The van der Waals surface area contributed by atoms with E-state index < -0.39 is 0 Å². The van der Waals surface area contributed by atoms with Gasteiger partial charge in [-0.25, -0.2) is 4.79 Å². The highest BCUT2D eigenvalue weighted by molar-refractivity contribution is 5.91. The third-order valence-corrected chi connectivity index (χ3v) is 4.89. The van der Waals surface area contributed by atoms with Crippen LogP contribution in [0.3, 0.4) is 0 Å². The number of urea groups is 1. The van der Waals surface area contributed by atoms with Crippen LogP contribution in [0.15, 0.2) is 36.4 Å².